The molecule has 9 nitrogen and oxygen atoms in total. The molecule has 4 heterocycles. The van der Waals surface area contributed by atoms with Crippen LogP contribution in [0.4, 0.5) is 0 Å². The van der Waals surface area contributed by atoms with E-state index in [4.69, 9.17) is 14.0 Å². The zero-order valence-electron chi connectivity index (χ0n) is 16.8. The standard InChI is InChI=1S/C19H30N6O3/c1-14(26-2)19-21-17(28-23-19)13-25-5-3-4-15(11-25)18-16(10-20-22-18)12-24-6-8-27-9-7-24/h10,14-15H,3-9,11-13H2,1-2H3,(H,20,22)/t14-,15+/m1/s1. The molecule has 0 bridgehead atoms. The molecule has 2 aromatic rings. The fourth-order valence-electron chi connectivity index (χ4n) is 4.03. The highest BCUT2D eigenvalue weighted by molar-refractivity contribution is 5.21. The molecule has 0 unspecified atom stereocenters. The number of rotatable bonds is 7. The lowest BCUT2D eigenvalue weighted by Gasteiger charge is -2.32. The molecule has 2 atom stereocenters. The van der Waals surface area contributed by atoms with Crippen molar-refractivity contribution in [2.75, 3.05) is 46.5 Å². The molecule has 0 aliphatic carbocycles. The first-order valence-electron chi connectivity index (χ1n) is 10.1. The van der Waals surface area contributed by atoms with Gasteiger partial charge < -0.3 is 14.0 Å². The van der Waals surface area contributed by atoms with Gasteiger partial charge in [0, 0.05) is 50.5 Å². The van der Waals surface area contributed by atoms with Crippen molar-refractivity contribution < 1.29 is 14.0 Å². The molecule has 0 amide bonds. The first kappa shape index (κ1) is 19.5. The number of methoxy groups -OCH3 is 1. The van der Waals surface area contributed by atoms with Crippen LogP contribution in [-0.2, 0) is 22.6 Å². The minimum Gasteiger partial charge on any atom is -0.379 e. The molecule has 28 heavy (non-hydrogen) atoms. The Morgan fingerprint density at radius 3 is 2.93 bits per heavy atom. The second kappa shape index (κ2) is 9.13. The van der Waals surface area contributed by atoms with E-state index < -0.39 is 0 Å². The molecule has 154 valence electrons. The van der Waals surface area contributed by atoms with Crippen LogP contribution in [-0.4, -0.2) is 76.6 Å². The number of H-pyrrole nitrogens is 1. The number of piperidine rings is 1. The molecule has 0 saturated carbocycles. The van der Waals surface area contributed by atoms with E-state index in [1.165, 1.54) is 17.7 Å². The Bertz CT molecular complexity index is 742. The summed E-state index contributed by atoms with van der Waals surface area (Å²) in [6.07, 6.45) is 4.15. The van der Waals surface area contributed by atoms with Gasteiger partial charge in [0.25, 0.3) is 0 Å². The van der Waals surface area contributed by atoms with Crippen molar-refractivity contribution in [3.05, 3.63) is 29.2 Å². The van der Waals surface area contributed by atoms with Crippen LogP contribution in [0.15, 0.2) is 10.7 Å². The minimum atomic E-state index is -0.153. The van der Waals surface area contributed by atoms with Gasteiger partial charge in [-0.2, -0.15) is 10.1 Å². The SMILES string of the molecule is CO[C@H](C)c1noc(CN2CCC[C@H](c3[nH]ncc3CN3CCOCC3)C2)n1. The lowest BCUT2D eigenvalue weighted by atomic mass is 9.92. The fraction of sp³-hybridized carbons (Fsp3) is 0.737. The Kier molecular flexibility index (Phi) is 6.36. The van der Waals surface area contributed by atoms with E-state index in [-0.39, 0.29) is 6.10 Å². The topological polar surface area (TPSA) is 92.5 Å². The Balaban J connectivity index is 1.37. The van der Waals surface area contributed by atoms with Crippen LogP contribution in [0.1, 0.15) is 54.8 Å². The molecule has 2 fully saturated rings. The van der Waals surface area contributed by atoms with Crippen LogP contribution < -0.4 is 0 Å². The van der Waals surface area contributed by atoms with Crippen LogP contribution >= 0.6 is 0 Å². The smallest absolute Gasteiger partial charge is 0.240 e. The highest BCUT2D eigenvalue weighted by Crippen LogP contribution is 2.29. The highest BCUT2D eigenvalue weighted by atomic mass is 16.5. The van der Waals surface area contributed by atoms with Crippen molar-refractivity contribution in [3.8, 4) is 0 Å². The lowest BCUT2D eigenvalue weighted by molar-refractivity contribution is 0.0339. The van der Waals surface area contributed by atoms with Gasteiger partial charge in [-0.05, 0) is 26.3 Å². The van der Waals surface area contributed by atoms with Crippen molar-refractivity contribution >= 4 is 0 Å². The third-order valence-corrected chi connectivity index (χ3v) is 5.72. The number of morpholine rings is 1. The summed E-state index contributed by atoms with van der Waals surface area (Å²) in [5, 5.41) is 11.7. The van der Waals surface area contributed by atoms with Crippen LogP contribution in [0, 0.1) is 0 Å². The number of nitrogens with zero attached hydrogens (tertiary/aromatic N) is 5. The first-order chi connectivity index (χ1) is 13.7. The summed E-state index contributed by atoms with van der Waals surface area (Å²) in [6.45, 7) is 9.15. The predicted molar refractivity (Wildman–Crippen MR) is 102 cm³/mol. The van der Waals surface area contributed by atoms with Crippen molar-refractivity contribution in [1.29, 1.82) is 0 Å². The van der Waals surface area contributed by atoms with Crippen molar-refractivity contribution in [2.24, 2.45) is 0 Å². The number of aromatic nitrogens is 4. The quantitative estimate of drug-likeness (QED) is 0.764. The van der Waals surface area contributed by atoms with Gasteiger partial charge in [0.1, 0.15) is 6.10 Å². The minimum absolute atomic E-state index is 0.153. The van der Waals surface area contributed by atoms with Crippen molar-refractivity contribution in [1.82, 2.24) is 30.1 Å². The fourth-order valence-corrected chi connectivity index (χ4v) is 4.03. The number of aromatic amines is 1. The van der Waals surface area contributed by atoms with Gasteiger partial charge in [-0.3, -0.25) is 14.9 Å². The number of likely N-dealkylation sites (tertiary alicyclic amines) is 1. The van der Waals surface area contributed by atoms with E-state index in [0.29, 0.717) is 24.2 Å². The third kappa shape index (κ3) is 4.60. The molecule has 2 saturated heterocycles. The van der Waals surface area contributed by atoms with Crippen LogP contribution in [0.2, 0.25) is 0 Å². The van der Waals surface area contributed by atoms with Gasteiger partial charge in [-0.15, -0.1) is 0 Å². The highest BCUT2D eigenvalue weighted by Gasteiger charge is 2.27. The van der Waals surface area contributed by atoms with Crippen LogP contribution in [0.5, 0.6) is 0 Å². The van der Waals surface area contributed by atoms with Gasteiger partial charge >= 0.3 is 0 Å². The van der Waals surface area contributed by atoms with Gasteiger partial charge in [0.15, 0.2) is 5.82 Å². The summed E-state index contributed by atoms with van der Waals surface area (Å²) in [4.78, 5) is 9.31. The first-order valence-corrected chi connectivity index (χ1v) is 10.1. The second-order valence-electron chi connectivity index (χ2n) is 7.70. The number of nitrogens with one attached hydrogen (secondary N) is 1. The maximum atomic E-state index is 5.46. The number of hydrogen-bond donors (Lipinski definition) is 1. The van der Waals surface area contributed by atoms with E-state index in [2.05, 4.69) is 30.1 Å². The van der Waals surface area contributed by atoms with E-state index in [0.717, 1.165) is 52.4 Å². The van der Waals surface area contributed by atoms with Gasteiger partial charge in [0.2, 0.25) is 5.89 Å². The Morgan fingerprint density at radius 1 is 1.25 bits per heavy atom. The lowest BCUT2D eigenvalue weighted by Crippen LogP contribution is -2.37. The van der Waals surface area contributed by atoms with Crippen molar-refractivity contribution in [3.63, 3.8) is 0 Å². The summed E-state index contributed by atoms with van der Waals surface area (Å²) in [5.74, 6) is 1.71. The summed E-state index contributed by atoms with van der Waals surface area (Å²) in [5.41, 5.74) is 2.58. The average Bonchev–Trinajstić information content (AvgIpc) is 3.38. The normalized spacial score (nSPS) is 23.1. The Labute approximate surface area is 165 Å². The second-order valence-corrected chi connectivity index (χ2v) is 7.70. The molecular weight excluding hydrogens is 360 g/mol. The summed E-state index contributed by atoms with van der Waals surface area (Å²) >= 11 is 0. The van der Waals surface area contributed by atoms with Crippen molar-refractivity contribution in [2.45, 2.75) is 44.9 Å². The third-order valence-electron chi connectivity index (χ3n) is 5.72. The maximum Gasteiger partial charge on any atom is 0.240 e. The molecule has 2 aromatic heterocycles. The zero-order chi connectivity index (χ0) is 19.3. The van der Waals surface area contributed by atoms with Gasteiger partial charge in [-0.1, -0.05) is 5.16 Å². The van der Waals surface area contributed by atoms with Gasteiger partial charge in [-0.25, -0.2) is 0 Å². The number of ether oxygens (including phenoxy) is 2. The predicted octanol–water partition coefficient (Wildman–Crippen LogP) is 1.71. The average molecular weight is 390 g/mol. The number of hydrogen-bond acceptors (Lipinski definition) is 8. The van der Waals surface area contributed by atoms with Crippen LogP contribution in [0.25, 0.3) is 0 Å². The molecule has 0 aromatic carbocycles. The molecule has 2 aliphatic heterocycles. The maximum absolute atomic E-state index is 5.46. The zero-order valence-corrected chi connectivity index (χ0v) is 16.8. The Hall–Kier alpha value is -1.81. The molecule has 2 aliphatic rings. The largest absolute Gasteiger partial charge is 0.379 e. The van der Waals surface area contributed by atoms with E-state index in [9.17, 15) is 0 Å². The Morgan fingerprint density at radius 2 is 2.11 bits per heavy atom. The summed E-state index contributed by atoms with van der Waals surface area (Å²) in [7, 11) is 1.65. The molecule has 0 spiro atoms. The molecular formula is C19H30N6O3. The molecule has 0 radical (unpaired) electrons. The molecule has 4 rings (SSSR count). The van der Waals surface area contributed by atoms with E-state index in [1.54, 1.807) is 7.11 Å². The van der Waals surface area contributed by atoms with E-state index in [1.807, 2.05) is 13.1 Å². The molecule has 9 heteroatoms. The monoisotopic (exact) mass is 390 g/mol. The van der Waals surface area contributed by atoms with Crippen LogP contribution in [0.3, 0.4) is 0 Å². The summed E-state index contributed by atoms with van der Waals surface area (Å²) < 4.78 is 16.1. The molecule has 1 N–H and O–H groups in total. The van der Waals surface area contributed by atoms with E-state index >= 15 is 0 Å². The van der Waals surface area contributed by atoms with Gasteiger partial charge in [0.05, 0.1) is 26.0 Å². The summed E-state index contributed by atoms with van der Waals surface area (Å²) in [6, 6.07) is 0.